The molecule has 0 saturated carbocycles. The zero-order chi connectivity index (χ0) is 15.6. The second kappa shape index (κ2) is 11.4. The van der Waals surface area contributed by atoms with E-state index in [0.717, 1.165) is 38.7 Å². The molecule has 1 fully saturated rings. The molecule has 0 spiro atoms. The number of nitrogens with zero attached hydrogens (tertiary/aromatic N) is 5. The van der Waals surface area contributed by atoms with Gasteiger partial charge in [-0.3, -0.25) is 9.89 Å². The summed E-state index contributed by atoms with van der Waals surface area (Å²) in [6.45, 7) is 6.78. The minimum Gasteiger partial charge on any atom is -0.383 e. The summed E-state index contributed by atoms with van der Waals surface area (Å²) in [6, 6.07) is 1.84. The molecule has 1 saturated heterocycles. The number of methoxy groups -OCH3 is 1. The Balaban J connectivity index is 0.00000264. The normalized spacial score (nSPS) is 16.0. The number of hydrogen-bond acceptors (Lipinski definition) is 6. The van der Waals surface area contributed by atoms with E-state index in [4.69, 9.17) is 10.5 Å². The molecule has 23 heavy (non-hydrogen) atoms. The first-order valence-electron chi connectivity index (χ1n) is 7.56. The van der Waals surface area contributed by atoms with Crippen LogP contribution in [-0.2, 0) is 4.74 Å². The van der Waals surface area contributed by atoms with Crippen LogP contribution in [0.25, 0.3) is 0 Å². The third kappa shape index (κ3) is 7.27. The van der Waals surface area contributed by atoms with Crippen molar-refractivity contribution < 1.29 is 4.74 Å². The van der Waals surface area contributed by atoms with Gasteiger partial charge < -0.3 is 20.7 Å². The van der Waals surface area contributed by atoms with Crippen LogP contribution in [0.15, 0.2) is 23.5 Å². The van der Waals surface area contributed by atoms with Crippen molar-refractivity contribution in [2.45, 2.75) is 0 Å². The van der Waals surface area contributed by atoms with Crippen LogP contribution in [0.5, 0.6) is 0 Å². The van der Waals surface area contributed by atoms with E-state index < -0.39 is 0 Å². The van der Waals surface area contributed by atoms with E-state index in [9.17, 15) is 0 Å². The number of rotatable bonds is 7. The third-order valence-corrected chi connectivity index (χ3v) is 3.52. The summed E-state index contributed by atoms with van der Waals surface area (Å²) in [4.78, 5) is 17.5. The van der Waals surface area contributed by atoms with Crippen LogP contribution >= 0.6 is 24.0 Å². The smallest absolute Gasteiger partial charge is 0.225 e. The van der Waals surface area contributed by atoms with Crippen molar-refractivity contribution in [1.29, 1.82) is 0 Å². The van der Waals surface area contributed by atoms with Gasteiger partial charge in [0.2, 0.25) is 5.95 Å². The van der Waals surface area contributed by atoms with Crippen molar-refractivity contribution in [1.82, 2.24) is 20.2 Å². The molecule has 1 aromatic heterocycles. The van der Waals surface area contributed by atoms with E-state index in [-0.39, 0.29) is 24.0 Å². The molecule has 8 nitrogen and oxygen atoms in total. The van der Waals surface area contributed by atoms with E-state index in [1.165, 1.54) is 0 Å². The lowest BCUT2D eigenvalue weighted by Gasteiger charge is -2.34. The molecule has 3 N–H and O–H groups in total. The van der Waals surface area contributed by atoms with Crippen molar-refractivity contribution in [2.24, 2.45) is 10.7 Å². The van der Waals surface area contributed by atoms with Crippen LogP contribution in [0.4, 0.5) is 5.95 Å². The molecule has 2 heterocycles. The predicted molar refractivity (Wildman–Crippen MR) is 102 cm³/mol. The summed E-state index contributed by atoms with van der Waals surface area (Å²) in [5.41, 5.74) is 5.77. The highest BCUT2D eigenvalue weighted by Crippen LogP contribution is 2.09. The number of nitrogens with two attached hydrogens (primary N) is 1. The number of ether oxygens (including phenoxy) is 1. The Morgan fingerprint density at radius 1 is 1.30 bits per heavy atom. The zero-order valence-electron chi connectivity index (χ0n) is 13.5. The standard InChI is InChI=1S/C14H25N7O.HI/c1-22-12-6-17-13(15)16-5-7-20-8-10-21(11-9-20)14-18-3-2-4-19-14;/h2-4H,5-12H2,1H3,(H3,15,16,17);1H. The molecule has 0 aromatic carbocycles. The fourth-order valence-corrected chi connectivity index (χ4v) is 2.27. The van der Waals surface area contributed by atoms with E-state index in [1.807, 2.05) is 6.07 Å². The lowest BCUT2D eigenvalue weighted by molar-refractivity contribution is 0.204. The molecule has 2 rings (SSSR count). The second-order valence-corrected chi connectivity index (χ2v) is 5.06. The Hall–Kier alpha value is -1.20. The van der Waals surface area contributed by atoms with Crippen LogP contribution in [0.2, 0.25) is 0 Å². The largest absolute Gasteiger partial charge is 0.383 e. The summed E-state index contributed by atoms with van der Waals surface area (Å²) in [7, 11) is 1.66. The quantitative estimate of drug-likeness (QED) is 0.265. The first-order valence-corrected chi connectivity index (χ1v) is 7.56. The van der Waals surface area contributed by atoms with Crippen LogP contribution in [0.1, 0.15) is 0 Å². The minimum atomic E-state index is 0. The molecule has 130 valence electrons. The third-order valence-electron chi connectivity index (χ3n) is 3.52. The molecule has 0 amide bonds. The molecule has 1 aromatic rings. The van der Waals surface area contributed by atoms with E-state index >= 15 is 0 Å². The number of halogens is 1. The van der Waals surface area contributed by atoms with Gasteiger partial charge >= 0.3 is 0 Å². The molecule has 0 aliphatic carbocycles. The number of aliphatic imine (C=N–C) groups is 1. The number of hydrogen-bond donors (Lipinski definition) is 2. The number of aromatic nitrogens is 2. The number of guanidine groups is 1. The SMILES string of the molecule is COCCNC(N)=NCCN1CCN(c2ncccn2)CC1.I. The lowest BCUT2D eigenvalue weighted by atomic mass is 10.3. The van der Waals surface area contributed by atoms with E-state index in [2.05, 4.69) is 30.1 Å². The summed E-state index contributed by atoms with van der Waals surface area (Å²) in [5.74, 6) is 1.29. The van der Waals surface area contributed by atoms with Gasteiger partial charge in [0, 0.05) is 58.8 Å². The van der Waals surface area contributed by atoms with Crippen LogP contribution in [0.3, 0.4) is 0 Å². The molecule has 1 aliphatic heterocycles. The summed E-state index contributed by atoms with van der Waals surface area (Å²) in [5, 5.41) is 3.01. The van der Waals surface area contributed by atoms with Gasteiger partial charge in [-0.15, -0.1) is 24.0 Å². The van der Waals surface area contributed by atoms with Gasteiger partial charge in [-0.05, 0) is 6.07 Å². The fraction of sp³-hybridized carbons (Fsp3) is 0.643. The average Bonchev–Trinajstić information content (AvgIpc) is 2.57. The topological polar surface area (TPSA) is 91.9 Å². The van der Waals surface area contributed by atoms with Crippen LogP contribution in [-0.4, -0.2) is 80.4 Å². The average molecular weight is 435 g/mol. The molecule has 0 atom stereocenters. The molecule has 1 aliphatic rings. The fourth-order valence-electron chi connectivity index (χ4n) is 2.27. The Morgan fingerprint density at radius 3 is 2.65 bits per heavy atom. The number of anilines is 1. The summed E-state index contributed by atoms with van der Waals surface area (Å²) < 4.78 is 4.94. The van der Waals surface area contributed by atoms with Crippen molar-refractivity contribution in [3.05, 3.63) is 18.5 Å². The van der Waals surface area contributed by atoms with Gasteiger partial charge in [-0.25, -0.2) is 9.97 Å². The maximum Gasteiger partial charge on any atom is 0.225 e. The van der Waals surface area contributed by atoms with Crippen molar-refractivity contribution >= 4 is 35.9 Å². The highest BCUT2D eigenvalue weighted by atomic mass is 127. The molecule has 0 radical (unpaired) electrons. The van der Waals surface area contributed by atoms with E-state index in [1.54, 1.807) is 19.5 Å². The highest BCUT2D eigenvalue weighted by molar-refractivity contribution is 14.0. The Labute approximate surface area is 154 Å². The van der Waals surface area contributed by atoms with Crippen LogP contribution < -0.4 is 16.0 Å². The van der Waals surface area contributed by atoms with Crippen molar-refractivity contribution in [3.63, 3.8) is 0 Å². The Kier molecular flexibility index (Phi) is 9.80. The van der Waals surface area contributed by atoms with Gasteiger partial charge in [0.05, 0.1) is 13.2 Å². The zero-order valence-corrected chi connectivity index (χ0v) is 15.8. The van der Waals surface area contributed by atoms with Gasteiger partial charge in [0.1, 0.15) is 0 Å². The van der Waals surface area contributed by atoms with E-state index in [0.29, 0.717) is 25.7 Å². The second-order valence-electron chi connectivity index (χ2n) is 5.06. The Morgan fingerprint density at radius 2 is 2.00 bits per heavy atom. The first kappa shape index (κ1) is 19.8. The lowest BCUT2D eigenvalue weighted by Crippen LogP contribution is -2.47. The maximum atomic E-state index is 5.77. The Bertz CT molecular complexity index is 452. The molecular formula is C14H26IN7O. The monoisotopic (exact) mass is 435 g/mol. The number of nitrogens with one attached hydrogen (secondary N) is 1. The van der Waals surface area contributed by atoms with Gasteiger partial charge in [0.15, 0.2) is 5.96 Å². The summed E-state index contributed by atoms with van der Waals surface area (Å²) >= 11 is 0. The van der Waals surface area contributed by atoms with Gasteiger partial charge in [0.25, 0.3) is 0 Å². The summed E-state index contributed by atoms with van der Waals surface area (Å²) in [6.07, 6.45) is 3.56. The van der Waals surface area contributed by atoms with Crippen molar-refractivity contribution in [2.75, 3.05) is 64.4 Å². The predicted octanol–water partition coefficient (Wildman–Crippen LogP) is -0.233. The first-order chi connectivity index (χ1) is 10.8. The number of piperazine rings is 1. The highest BCUT2D eigenvalue weighted by Gasteiger charge is 2.17. The van der Waals surface area contributed by atoms with Gasteiger partial charge in [-0.2, -0.15) is 0 Å². The molecular weight excluding hydrogens is 409 g/mol. The maximum absolute atomic E-state index is 5.77. The minimum absolute atomic E-state index is 0. The van der Waals surface area contributed by atoms with Crippen molar-refractivity contribution in [3.8, 4) is 0 Å². The molecule has 9 heteroatoms. The van der Waals surface area contributed by atoms with Gasteiger partial charge in [-0.1, -0.05) is 0 Å². The molecule has 0 unspecified atom stereocenters. The molecule has 0 bridgehead atoms. The van der Waals surface area contributed by atoms with Crippen LogP contribution in [0, 0.1) is 0 Å².